The van der Waals surface area contributed by atoms with E-state index in [9.17, 15) is 16.8 Å². The molecule has 0 saturated carbocycles. The zero-order chi connectivity index (χ0) is 13.1. The van der Waals surface area contributed by atoms with Gasteiger partial charge in [-0.3, -0.25) is 0 Å². The van der Waals surface area contributed by atoms with E-state index in [1.165, 1.54) is 4.31 Å². The molecule has 1 saturated heterocycles. The van der Waals surface area contributed by atoms with Crippen molar-refractivity contribution in [1.29, 1.82) is 0 Å². The summed E-state index contributed by atoms with van der Waals surface area (Å²) in [6, 6.07) is 0. The van der Waals surface area contributed by atoms with Crippen molar-refractivity contribution in [2.24, 2.45) is 0 Å². The first-order valence-electron chi connectivity index (χ1n) is 6.03. The Labute approximate surface area is 104 Å². The molecule has 1 unspecified atom stereocenters. The highest BCUT2D eigenvalue weighted by molar-refractivity contribution is 7.95. The van der Waals surface area contributed by atoms with Gasteiger partial charge >= 0.3 is 0 Å². The molecule has 1 heterocycles. The predicted molar refractivity (Wildman–Crippen MR) is 68.1 cm³/mol. The van der Waals surface area contributed by atoms with E-state index in [4.69, 9.17) is 0 Å². The molecule has 1 aliphatic heterocycles. The Hall–Kier alpha value is -0.140. The second-order valence-electron chi connectivity index (χ2n) is 4.47. The van der Waals surface area contributed by atoms with Gasteiger partial charge in [-0.2, -0.15) is 0 Å². The third-order valence-corrected chi connectivity index (χ3v) is 7.23. The van der Waals surface area contributed by atoms with Crippen LogP contribution in [-0.2, 0) is 19.9 Å². The molecule has 0 aromatic carbocycles. The second kappa shape index (κ2) is 5.67. The van der Waals surface area contributed by atoms with Crippen molar-refractivity contribution in [3.63, 3.8) is 0 Å². The van der Waals surface area contributed by atoms with Gasteiger partial charge in [0.1, 0.15) is 0 Å². The van der Waals surface area contributed by atoms with Crippen LogP contribution < -0.4 is 0 Å². The molecule has 1 rings (SSSR count). The monoisotopic (exact) mass is 283 g/mol. The Morgan fingerprint density at radius 3 is 2.06 bits per heavy atom. The molecule has 0 aliphatic carbocycles. The zero-order valence-corrected chi connectivity index (χ0v) is 12.1. The van der Waals surface area contributed by atoms with E-state index in [0.29, 0.717) is 13.1 Å². The van der Waals surface area contributed by atoms with Crippen LogP contribution >= 0.6 is 0 Å². The van der Waals surface area contributed by atoms with Gasteiger partial charge in [-0.25, -0.2) is 21.1 Å². The van der Waals surface area contributed by atoms with Gasteiger partial charge in [0.05, 0.1) is 16.8 Å². The Bertz CT molecular complexity index is 435. The van der Waals surface area contributed by atoms with Gasteiger partial charge in [0.2, 0.25) is 10.0 Å². The summed E-state index contributed by atoms with van der Waals surface area (Å²) in [4.78, 5) is 0. The number of hydrogen-bond donors (Lipinski definition) is 0. The molecule has 1 fully saturated rings. The predicted octanol–water partition coefficient (Wildman–Crippen LogP) is 0.625. The Kier molecular flexibility index (Phi) is 4.97. The lowest BCUT2D eigenvalue weighted by molar-refractivity contribution is 0.404. The van der Waals surface area contributed by atoms with Gasteiger partial charge in [0.15, 0.2) is 9.84 Å². The topological polar surface area (TPSA) is 71.5 Å². The molecule has 0 radical (unpaired) electrons. The third-order valence-electron chi connectivity index (χ3n) is 2.92. The highest BCUT2D eigenvalue weighted by Gasteiger charge is 2.39. The zero-order valence-electron chi connectivity index (χ0n) is 10.4. The molecule has 102 valence electrons. The molecule has 1 atom stereocenters. The maximum atomic E-state index is 12.3. The van der Waals surface area contributed by atoms with Crippen LogP contribution in [0.3, 0.4) is 0 Å². The van der Waals surface area contributed by atoms with E-state index in [0.717, 1.165) is 12.8 Å². The summed E-state index contributed by atoms with van der Waals surface area (Å²) in [5, 5.41) is -0.731. The molecule has 0 aromatic heterocycles. The maximum absolute atomic E-state index is 12.3. The van der Waals surface area contributed by atoms with Crippen molar-refractivity contribution in [3.8, 4) is 0 Å². The standard InChI is InChI=1S/C10H21NO4S2/c1-3-6-11(7-4-2)17(14,15)10-5-8-16(12,13)9-10/h10H,3-9H2,1-2H3. The fourth-order valence-electron chi connectivity index (χ4n) is 2.07. The molecule has 0 amide bonds. The van der Waals surface area contributed by atoms with Crippen molar-refractivity contribution in [3.05, 3.63) is 0 Å². The third kappa shape index (κ3) is 3.66. The SMILES string of the molecule is CCCN(CCC)S(=O)(=O)C1CCS(=O)(=O)C1. The van der Waals surface area contributed by atoms with Crippen LogP contribution in [0.4, 0.5) is 0 Å². The summed E-state index contributed by atoms with van der Waals surface area (Å²) < 4.78 is 48.7. The lowest BCUT2D eigenvalue weighted by Gasteiger charge is -2.24. The summed E-state index contributed by atoms with van der Waals surface area (Å²) in [5.41, 5.74) is 0. The average molecular weight is 283 g/mol. The van der Waals surface area contributed by atoms with E-state index >= 15 is 0 Å². The summed E-state index contributed by atoms with van der Waals surface area (Å²) in [7, 11) is -6.59. The van der Waals surface area contributed by atoms with E-state index in [1.807, 2.05) is 13.8 Å². The summed E-state index contributed by atoms with van der Waals surface area (Å²) >= 11 is 0. The summed E-state index contributed by atoms with van der Waals surface area (Å²) in [6.45, 7) is 4.80. The quantitative estimate of drug-likeness (QED) is 0.716. The molecule has 0 aromatic rings. The average Bonchev–Trinajstić information content (AvgIpc) is 2.59. The fraction of sp³-hybridized carbons (Fsp3) is 1.00. The number of rotatable bonds is 6. The second-order valence-corrected chi connectivity index (χ2v) is 8.91. The molecule has 5 nitrogen and oxygen atoms in total. The Morgan fingerprint density at radius 1 is 1.18 bits per heavy atom. The van der Waals surface area contributed by atoms with Gasteiger partial charge in [-0.15, -0.1) is 0 Å². The lowest BCUT2D eigenvalue weighted by Crippen LogP contribution is -2.40. The van der Waals surface area contributed by atoms with Crippen LogP contribution in [0.5, 0.6) is 0 Å². The first kappa shape index (κ1) is 14.9. The number of hydrogen-bond acceptors (Lipinski definition) is 4. The highest BCUT2D eigenvalue weighted by Crippen LogP contribution is 2.22. The van der Waals surface area contributed by atoms with Gasteiger partial charge in [0, 0.05) is 13.1 Å². The molecule has 7 heteroatoms. The van der Waals surface area contributed by atoms with E-state index in [1.54, 1.807) is 0 Å². The van der Waals surface area contributed by atoms with Crippen LogP contribution in [-0.4, -0.2) is 51.0 Å². The number of nitrogens with zero attached hydrogens (tertiary/aromatic N) is 1. The van der Waals surface area contributed by atoms with Gasteiger partial charge in [0.25, 0.3) is 0 Å². The summed E-state index contributed by atoms with van der Waals surface area (Å²) in [5.74, 6) is -0.206. The van der Waals surface area contributed by atoms with Crippen LogP contribution in [0.15, 0.2) is 0 Å². The van der Waals surface area contributed by atoms with Crippen molar-refractivity contribution in [2.75, 3.05) is 24.6 Å². The fourth-order valence-corrected chi connectivity index (χ4v) is 6.79. The van der Waals surface area contributed by atoms with Gasteiger partial charge in [-0.1, -0.05) is 13.8 Å². The van der Waals surface area contributed by atoms with E-state index in [-0.39, 0.29) is 17.9 Å². The lowest BCUT2D eigenvalue weighted by atomic mass is 10.4. The van der Waals surface area contributed by atoms with Gasteiger partial charge in [-0.05, 0) is 19.3 Å². The van der Waals surface area contributed by atoms with Crippen LogP contribution in [0.1, 0.15) is 33.1 Å². The van der Waals surface area contributed by atoms with Crippen molar-refractivity contribution < 1.29 is 16.8 Å². The normalized spacial score (nSPS) is 24.3. The molecular formula is C10H21NO4S2. The molecule has 17 heavy (non-hydrogen) atoms. The summed E-state index contributed by atoms with van der Waals surface area (Å²) in [6.07, 6.45) is 1.74. The minimum atomic E-state index is -3.44. The first-order chi connectivity index (χ1) is 7.83. The number of sulfone groups is 1. The van der Waals surface area contributed by atoms with Crippen LogP contribution in [0.2, 0.25) is 0 Å². The van der Waals surface area contributed by atoms with Crippen molar-refractivity contribution in [1.82, 2.24) is 4.31 Å². The Balaban J connectivity index is 2.85. The molecule has 0 N–H and O–H groups in total. The Morgan fingerprint density at radius 2 is 1.71 bits per heavy atom. The van der Waals surface area contributed by atoms with Crippen molar-refractivity contribution >= 4 is 19.9 Å². The van der Waals surface area contributed by atoms with E-state index < -0.39 is 25.1 Å². The largest absolute Gasteiger partial charge is 0.229 e. The maximum Gasteiger partial charge on any atom is 0.218 e. The number of sulfonamides is 1. The van der Waals surface area contributed by atoms with Crippen LogP contribution in [0.25, 0.3) is 0 Å². The first-order valence-corrected chi connectivity index (χ1v) is 9.35. The van der Waals surface area contributed by atoms with Gasteiger partial charge < -0.3 is 0 Å². The molecule has 1 aliphatic rings. The minimum absolute atomic E-state index is 0.00296. The van der Waals surface area contributed by atoms with E-state index in [2.05, 4.69) is 0 Å². The molecular weight excluding hydrogens is 262 g/mol. The molecule has 0 spiro atoms. The van der Waals surface area contributed by atoms with Crippen LogP contribution in [0, 0.1) is 0 Å². The highest BCUT2D eigenvalue weighted by atomic mass is 32.2. The minimum Gasteiger partial charge on any atom is -0.229 e. The molecule has 0 bridgehead atoms. The van der Waals surface area contributed by atoms with Crippen molar-refractivity contribution in [2.45, 2.75) is 38.4 Å². The smallest absolute Gasteiger partial charge is 0.218 e.